The predicted molar refractivity (Wildman–Crippen MR) is 149 cm³/mol. The third kappa shape index (κ3) is 10.9. The molecule has 25 heteroatoms. The van der Waals surface area contributed by atoms with Gasteiger partial charge in [0.2, 0.25) is 11.1 Å². The van der Waals surface area contributed by atoms with Crippen molar-refractivity contribution >= 4 is 88.6 Å². The number of aryl methyl sites for hydroxylation is 1. The summed E-state index contributed by atoms with van der Waals surface area (Å²) in [5, 5.41) is 31.9. The van der Waals surface area contributed by atoms with Gasteiger partial charge in [0.25, 0.3) is 11.6 Å². The van der Waals surface area contributed by atoms with Crippen molar-refractivity contribution in [1.82, 2.24) is 30.4 Å². The molecular weight excluding hydrogens is 633 g/mol. The number of fused-ring (bicyclic) bond motifs is 1. The van der Waals surface area contributed by atoms with E-state index in [0.717, 1.165) is 16.7 Å². The van der Waals surface area contributed by atoms with Gasteiger partial charge in [0, 0.05) is 61.0 Å². The molecule has 237 valence electrons. The fourth-order valence-corrected chi connectivity index (χ4v) is 6.34. The van der Waals surface area contributed by atoms with Crippen molar-refractivity contribution in [2.75, 3.05) is 30.1 Å². The van der Waals surface area contributed by atoms with Crippen molar-refractivity contribution in [2.24, 2.45) is 12.8 Å². The van der Waals surface area contributed by atoms with E-state index < -0.39 is 40.9 Å². The number of methoxy groups -OCH3 is 1. The molecule has 1 aromatic heterocycles. The zero-order valence-corrected chi connectivity index (χ0v) is 26.4. The van der Waals surface area contributed by atoms with E-state index in [2.05, 4.69) is 20.8 Å². The molecule has 1 radical (unpaired) electrons. The number of tetrazole rings is 1. The first-order valence-electron chi connectivity index (χ1n) is 9.30. The fraction of sp³-hybridized carbons (Fsp3) is 0.562. The first-order chi connectivity index (χ1) is 15.6. The number of β-lactam (4-membered cyclic amide) rings is 1. The zero-order chi connectivity index (χ0) is 24.3. The van der Waals surface area contributed by atoms with Gasteiger partial charge in [-0.15, -0.1) is 28.6 Å². The Bertz CT molecular complexity index is 1020. The van der Waals surface area contributed by atoms with Crippen molar-refractivity contribution in [3.63, 3.8) is 0 Å². The Morgan fingerprint density at radius 3 is 2.24 bits per heavy atom. The van der Waals surface area contributed by atoms with Crippen LogP contribution in [-0.2, 0) is 31.0 Å². The van der Waals surface area contributed by atoms with Gasteiger partial charge < -0.3 is 64.3 Å². The number of aromatic nitrogens is 4. The number of carbonyl (C=O) groups excluding carboxylic acids is 2. The summed E-state index contributed by atoms with van der Waals surface area (Å²) in [5.41, 5.74) is 4.05. The SMILES string of the molecule is CO[C@@]1(NC(=O)CSCC(N)C(=O)O)C(=O)N2C(C(=O)O)=C(CSc3nnnn3C)CS[C@@H]21.O.O.O.O.O.O.O.[Na]. The Balaban J connectivity index is -0.000000383. The molecular formula is C16H35N7NaO14S3. The molecule has 1 unspecified atom stereocenters. The van der Waals surface area contributed by atoms with Crippen molar-refractivity contribution < 1.29 is 72.5 Å². The molecule has 0 aliphatic carbocycles. The number of hydrogen-bond acceptors (Lipinski definition) is 12. The van der Waals surface area contributed by atoms with Crippen molar-refractivity contribution in [3.05, 3.63) is 11.3 Å². The summed E-state index contributed by atoms with van der Waals surface area (Å²) in [6.45, 7) is 0. The van der Waals surface area contributed by atoms with Crippen LogP contribution in [0.15, 0.2) is 16.4 Å². The number of nitrogens with two attached hydrogens (primary N) is 1. The summed E-state index contributed by atoms with van der Waals surface area (Å²) in [7, 11) is 2.91. The van der Waals surface area contributed by atoms with Gasteiger partial charge in [-0.05, 0) is 16.0 Å². The molecule has 0 bridgehead atoms. The van der Waals surface area contributed by atoms with Gasteiger partial charge in [-0.25, -0.2) is 9.48 Å². The Morgan fingerprint density at radius 1 is 1.20 bits per heavy atom. The third-order valence-corrected chi connectivity index (χ3v) is 8.30. The number of nitrogens with one attached hydrogen (secondary N) is 1. The summed E-state index contributed by atoms with van der Waals surface area (Å²) in [6.07, 6.45) is 0. The number of rotatable bonds is 11. The summed E-state index contributed by atoms with van der Waals surface area (Å²) in [5.74, 6) is -3.32. The van der Waals surface area contributed by atoms with Crippen LogP contribution in [0.3, 0.4) is 0 Å². The number of nitrogens with zero attached hydrogens (tertiary/aromatic N) is 5. The van der Waals surface area contributed by atoms with Crippen molar-refractivity contribution in [2.45, 2.75) is 22.3 Å². The van der Waals surface area contributed by atoms with Gasteiger partial charge in [-0.2, -0.15) is 0 Å². The van der Waals surface area contributed by atoms with E-state index >= 15 is 0 Å². The first kappa shape index (κ1) is 52.1. The second-order valence-electron chi connectivity index (χ2n) is 6.92. The van der Waals surface area contributed by atoms with Crippen LogP contribution in [-0.4, -0.2) is 174 Å². The van der Waals surface area contributed by atoms with Crippen LogP contribution in [0.25, 0.3) is 0 Å². The number of carboxylic acids is 2. The molecule has 41 heavy (non-hydrogen) atoms. The van der Waals surface area contributed by atoms with Crippen LogP contribution in [0.1, 0.15) is 0 Å². The standard InChI is InChI=1S/C16H21N7O7S3.Na.7H2O/c1-22-15(19-20-21-22)33-4-7-3-32-14-16(30-2,13(29)23(14)10(7)12(27)28)18-9(24)6-31-5-8(17)11(25)26;;;;;;;;/h8,14H,3-6,17H2,1-2H3,(H,18,24)(H,25,26)(H,27,28);;7*1H2/t8?,14-,16+;;;;;;;;/m1......../s1. The number of carbonyl (C=O) groups is 4. The first-order valence-corrected chi connectivity index (χ1v) is 12.5. The number of hydrogen-bond donors (Lipinski definition) is 4. The largest absolute Gasteiger partial charge is 0.480 e. The van der Waals surface area contributed by atoms with Crippen molar-refractivity contribution in [1.29, 1.82) is 0 Å². The summed E-state index contributed by atoms with van der Waals surface area (Å²) in [4.78, 5) is 49.3. The second kappa shape index (κ2) is 22.0. The maximum absolute atomic E-state index is 13.0. The topological polar surface area (TPSA) is 423 Å². The minimum absolute atomic E-state index is 0. The molecule has 19 N–H and O–H groups in total. The summed E-state index contributed by atoms with van der Waals surface area (Å²) < 4.78 is 6.82. The quantitative estimate of drug-likeness (QED) is 0.0736. The van der Waals surface area contributed by atoms with Crippen LogP contribution in [0, 0.1) is 0 Å². The van der Waals surface area contributed by atoms with E-state index in [1.165, 1.54) is 35.3 Å². The van der Waals surface area contributed by atoms with Crippen LogP contribution < -0.4 is 11.1 Å². The van der Waals surface area contributed by atoms with Gasteiger partial charge in [0.15, 0.2) is 0 Å². The van der Waals surface area contributed by atoms with E-state index in [0.29, 0.717) is 10.7 Å². The van der Waals surface area contributed by atoms with E-state index in [1.807, 2.05) is 0 Å². The smallest absolute Gasteiger partial charge is 0.352 e. The number of ether oxygens (including phenoxy) is 1. The Labute approximate surface area is 266 Å². The van der Waals surface area contributed by atoms with Crippen LogP contribution in [0.5, 0.6) is 0 Å². The third-order valence-electron chi connectivity index (χ3n) is 4.76. The molecule has 1 fully saturated rings. The van der Waals surface area contributed by atoms with Crippen LogP contribution in [0.4, 0.5) is 0 Å². The molecule has 1 saturated heterocycles. The average molecular weight is 669 g/mol. The van der Waals surface area contributed by atoms with Gasteiger partial charge in [0.1, 0.15) is 17.1 Å². The average Bonchev–Trinajstić information content (AvgIpc) is 3.19. The molecule has 2 aliphatic rings. The molecule has 3 atom stereocenters. The molecule has 3 rings (SSSR count). The number of amides is 2. The maximum Gasteiger partial charge on any atom is 0.352 e. The molecule has 0 aromatic carbocycles. The van der Waals surface area contributed by atoms with E-state index in [9.17, 15) is 24.3 Å². The van der Waals surface area contributed by atoms with E-state index in [4.69, 9.17) is 15.6 Å². The number of thioether (sulfide) groups is 3. The number of carboxylic acid groups (broad SMARTS) is 2. The molecule has 2 amide bonds. The van der Waals surface area contributed by atoms with Crippen LogP contribution in [0.2, 0.25) is 0 Å². The van der Waals surface area contributed by atoms with Gasteiger partial charge >= 0.3 is 11.9 Å². The maximum atomic E-state index is 13.0. The second-order valence-corrected chi connectivity index (χ2v) is 9.96. The zero-order valence-electron chi connectivity index (χ0n) is 22.0. The Hall–Kier alpha value is -1.62. The monoisotopic (exact) mass is 668 g/mol. The molecule has 1 aromatic rings. The van der Waals surface area contributed by atoms with Crippen molar-refractivity contribution in [3.8, 4) is 0 Å². The van der Waals surface area contributed by atoms with Gasteiger partial charge in [-0.3, -0.25) is 19.3 Å². The molecule has 0 saturated carbocycles. The molecule has 0 spiro atoms. The van der Waals surface area contributed by atoms with Gasteiger partial charge in [0.05, 0.1) is 5.75 Å². The molecule has 3 heterocycles. The Morgan fingerprint density at radius 2 is 1.78 bits per heavy atom. The van der Waals surface area contributed by atoms with Crippen LogP contribution >= 0.6 is 35.3 Å². The molecule has 2 aliphatic heterocycles. The normalized spacial score (nSPS) is 18.6. The molecule has 21 nitrogen and oxygen atoms in total. The van der Waals surface area contributed by atoms with E-state index in [-0.39, 0.29) is 96.6 Å². The minimum Gasteiger partial charge on any atom is -0.480 e. The predicted octanol–water partition coefficient (Wildman–Crippen LogP) is -7.99. The Kier molecular flexibility index (Phi) is 27.9. The fourth-order valence-electron chi connectivity index (χ4n) is 3.14. The van der Waals surface area contributed by atoms with E-state index in [1.54, 1.807) is 7.05 Å². The number of aliphatic carboxylic acids is 2. The minimum atomic E-state index is -1.72. The van der Waals surface area contributed by atoms with Gasteiger partial charge in [-0.1, -0.05) is 11.8 Å². The summed E-state index contributed by atoms with van der Waals surface area (Å²) in [6, 6.07) is -1.12. The summed E-state index contributed by atoms with van der Waals surface area (Å²) >= 11 is 3.50.